The molecule has 1 aromatic carbocycles. The molecule has 0 aliphatic carbocycles. The van der Waals surface area contributed by atoms with Crippen LogP contribution >= 0.6 is 0 Å². The van der Waals surface area contributed by atoms with Crippen molar-refractivity contribution in [2.24, 2.45) is 0 Å². The van der Waals surface area contributed by atoms with Gasteiger partial charge in [0.2, 0.25) is 0 Å². The minimum absolute atomic E-state index is 0.201. The van der Waals surface area contributed by atoms with E-state index >= 15 is 0 Å². The van der Waals surface area contributed by atoms with E-state index in [9.17, 15) is 9.59 Å². The summed E-state index contributed by atoms with van der Waals surface area (Å²) < 4.78 is 0.942. The number of aromatic nitrogens is 1. The van der Waals surface area contributed by atoms with E-state index in [4.69, 9.17) is 9.94 Å². The lowest BCUT2D eigenvalue weighted by Crippen LogP contribution is -2.30. The van der Waals surface area contributed by atoms with Crippen LogP contribution in [-0.4, -0.2) is 15.8 Å². The van der Waals surface area contributed by atoms with Gasteiger partial charge in [-0.25, -0.2) is 4.79 Å². The van der Waals surface area contributed by atoms with Crippen molar-refractivity contribution >= 4 is 5.97 Å². The number of benzene rings is 1. The van der Waals surface area contributed by atoms with Crippen molar-refractivity contribution in [1.29, 1.82) is 0 Å². The van der Waals surface area contributed by atoms with Crippen LogP contribution in [0.1, 0.15) is 28.4 Å². The maximum Gasteiger partial charge on any atom is 0.341 e. The van der Waals surface area contributed by atoms with Gasteiger partial charge < -0.3 is 9.94 Å². The van der Waals surface area contributed by atoms with Crippen molar-refractivity contribution in [2.75, 3.05) is 0 Å². The number of rotatable bonds is 5. The molecule has 1 aromatic heterocycles. The monoisotopic (exact) mass is 273 g/mol. The quantitative estimate of drug-likeness (QED) is 0.901. The molecule has 0 amide bonds. The number of carboxylic acids is 1. The molecule has 20 heavy (non-hydrogen) atoms. The molecule has 0 saturated heterocycles. The van der Waals surface area contributed by atoms with Crippen molar-refractivity contribution < 1.29 is 14.7 Å². The Balaban J connectivity index is 2.12. The molecule has 0 saturated carbocycles. The minimum Gasteiger partial charge on any atom is -0.477 e. The average molecular weight is 273 g/mol. The number of hydrogen-bond acceptors (Lipinski definition) is 3. The number of pyridine rings is 1. The summed E-state index contributed by atoms with van der Waals surface area (Å²) in [7, 11) is 0. The largest absolute Gasteiger partial charge is 0.477 e. The van der Waals surface area contributed by atoms with E-state index in [1.807, 2.05) is 24.3 Å². The lowest BCUT2D eigenvalue weighted by molar-refractivity contribution is 0.0668. The van der Waals surface area contributed by atoms with Gasteiger partial charge in [-0.15, -0.1) is 0 Å². The molecule has 1 N–H and O–H groups in total. The van der Waals surface area contributed by atoms with Gasteiger partial charge in [0.15, 0.2) is 0 Å². The maximum absolute atomic E-state index is 11.8. The molecule has 2 aromatic rings. The molecule has 0 unspecified atom stereocenters. The highest BCUT2D eigenvalue weighted by molar-refractivity contribution is 5.86. The molecule has 5 heteroatoms. The highest BCUT2D eigenvalue weighted by atomic mass is 16.7. The Labute approximate surface area is 116 Å². The Kier molecular flexibility index (Phi) is 4.20. The summed E-state index contributed by atoms with van der Waals surface area (Å²) in [5, 5.41) is 8.86. The van der Waals surface area contributed by atoms with Crippen molar-refractivity contribution in [3.8, 4) is 0 Å². The molecular weight excluding hydrogens is 258 g/mol. The second kappa shape index (κ2) is 6.06. The van der Waals surface area contributed by atoms with Crippen molar-refractivity contribution in [3.05, 3.63) is 69.6 Å². The summed E-state index contributed by atoms with van der Waals surface area (Å²) >= 11 is 0. The van der Waals surface area contributed by atoms with Crippen LogP contribution in [0, 0.1) is 0 Å². The SMILES string of the molecule is CCc1ccc(COn2cccc(C(=O)O)c2=O)cc1. The summed E-state index contributed by atoms with van der Waals surface area (Å²) in [5.74, 6) is -1.26. The van der Waals surface area contributed by atoms with E-state index in [0.29, 0.717) is 0 Å². The molecular formula is C15H15NO4. The van der Waals surface area contributed by atoms with Gasteiger partial charge >= 0.3 is 5.97 Å². The number of carboxylic acid groups (broad SMARTS) is 1. The van der Waals surface area contributed by atoms with E-state index < -0.39 is 11.5 Å². The number of nitrogens with zero attached hydrogens (tertiary/aromatic N) is 1. The first-order valence-corrected chi connectivity index (χ1v) is 6.28. The van der Waals surface area contributed by atoms with Crippen LogP contribution in [0.15, 0.2) is 47.4 Å². The number of aromatic carboxylic acids is 1. The third-order valence-electron chi connectivity index (χ3n) is 2.95. The number of hydrogen-bond donors (Lipinski definition) is 1. The second-order valence-electron chi connectivity index (χ2n) is 4.30. The van der Waals surface area contributed by atoms with Gasteiger partial charge in [-0.3, -0.25) is 4.79 Å². The molecule has 0 bridgehead atoms. The fourth-order valence-electron chi connectivity index (χ4n) is 1.75. The van der Waals surface area contributed by atoms with Gasteiger partial charge in [0.05, 0.1) is 0 Å². The van der Waals surface area contributed by atoms with E-state index in [1.165, 1.54) is 23.9 Å². The summed E-state index contributed by atoms with van der Waals surface area (Å²) in [6.45, 7) is 2.27. The molecule has 0 radical (unpaired) electrons. The fourth-order valence-corrected chi connectivity index (χ4v) is 1.75. The number of carbonyl (C=O) groups is 1. The van der Waals surface area contributed by atoms with Crippen LogP contribution in [-0.2, 0) is 13.0 Å². The second-order valence-corrected chi connectivity index (χ2v) is 4.30. The van der Waals surface area contributed by atoms with Crippen LogP contribution < -0.4 is 10.4 Å². The first kappa shape index (κ1) is 13.9. The normalized spacial score (nSPS) is 10.2. The Bertz CT molecular complexity index is 658. The van der Waals surface area contributed by atoms with Gasteiger partial charge in [0, 0.05) is 6.20 Å². The molecule has 1 heterocycles. The fraction of sp³-hybridized carbons (Fsp3) is 0.200. The van der Waals surface area contributed by atoms with Gasteiger partial charge in [-0.1, -0.05) is 31.2 Å². The van der Waals surface area contributed by atoms with Crippen LogP contribution in [0.5, 0.6) is 0 Å². The van der Waals surface area contributed by atoms with Gasteiger partial charge in [-0.05, 0) is 29.7 Å². The molecule has 0 aliphatic rings. The van der Waals surface area contributed by atoms with Crippen LogP contribution in [0.4, 0.5) is 0 Å². The summed E-state index contributed by atoms with van der Waals surface area (Å²) in [6.07, 6.45) is 2.36. The Morgan fingerprint density at radius 3 is 2.45 bits per heavy atom. The minimum atomic E-state index is -1.26. The summed E-state index contributed by atoms with van der Waals surface area (Å²) in [5.41, 5.74) is 1.15. The van der Waals surface area contributed by atoms with Crippen LogP contribution in [0.2, 0.25) is 0 Å². The van der Waals surface area contributed by atoms with E-state index in [0.717, 1.165) is 16.7 Å². The third kappa shape index (κ3) is 3.06. The Morgan fingerprint density at radius 1 is 1.20 bits per heavy atom. The van der Waals surface area contributed by atoms with Gasteiger partial charge in [0.1, 0.15) is 12.2 Å². The maximum atomic E-state index is 11.8. The Hall–Kier alpha value is -2.56. The molecule has 0 aliphatic heterocycles. The molecule has 0 fully saturated rings. The first-order valence-electron chi connectivity index (χ1n) is 6.28. The highest BCUT2D eigenvalue weighted by Crippen LogP contribution is 2.05. The molecule has 0 spiro atoms. The topological polar surface area (TPSA) is 68.5 Å². The standard InChI is InChI=1S/C15H15NO4/c1-2-11-5-7-12(8-6-11)10-20-16-9-3-4-13(14(16)17)15(18)19/h3-9H,2,10H2,1H3,(H,18,19). The lowest BCUT2D eigenvalue weighted by Gasteiger charge is -2.09. The van der Waals surface area contributed by atoms with E-state index in [-0.39, 0.29) is 12.2 Å². The zero-order valence-electron chi connectivity index (χ0n) is 11.1. The third-order valence-corrected chi connectivity index (χ3v) is 2.95. The first-order chi connectivity index (χ1) is 9.61. The van der Waals surface area contributed by atoms with Gasteiger partial charge in [0.25, 0.3) is 5.56 Å². The van der Waals surface area contributed by atoms with Crippen LogP contribution in [0.3, 0.4) is 0 Å². The van der Waals surface area contributed by atoms with Crippen molar-refractivity contribution in [3.63, 3.8) is 0 Å². The van der Waals surface area contributed by atoms with Crippen molar-refractivity contribution in [1.82, 2.24) is 4.73 Å². The van der Waals surface area contributed by atoms with Crippen LogP contribution in [0.25, 0.3) is 0 Å². The zero-order chi connectivity index (χ0) is 14.5. The molecule has 104 valence electrons. The Morgan fingerprint density at radius 2 is 1.85 bits per heavy atom. The molecule has 5 nitrogen and oxygen atoms in total. The smallest absolute Gasteiger partial charge is 0.341 e. The van der Waals surface area contributed by atoms with Gasteiger partial charge in [-0.2, -0.15) is 4.73 Å². The van der Waals surface area contributed by atoms with E-state index in [1.54, 1.807) is 0 Å². The predicted molar refractivity (Wildman–Crippen MR) is 73.8 cm³/mol. The van der Waals surface area contributed by atoms with E-state index in [2.05, 4.69) is 6.92 Å². The zero-order valence-corrected chi connectivity index (χ0v) is 11.1. The lowest BCUT2D eigenvalue weighted by atomic mass is 10.1. The number of aryl methyl sites for hydroxylation is 1. The molecule has 0 atom stereocenters. The highest BCUT2D eigenvalue weighted by Gasteiger charge is 2.10. The predicted octanol–water partition coefficient (Wildman–Crippen LogP) is 1.74. The average Bonchev–Trinajstić information content (AvgIpc) is 2.46. The summed E-state index contributed by atoms with van der Waals surface area (Å²) in [6, 6.07) is 10.5. The molecule has 2 rings (SSSR count). The van der Waals surface area contributed by atoms with Crippen molar-refractivity contribution in [2.45, 2.75) is 20.0 Å². The summed E-state index contributed by atoms with van der Waals surface area (Å²) in [4.78, 5) is 28.0.